The molecule has 1 aromatic carbocycles. The summed E-state index contributed by atoms with van der Waals surface area (Å²) in [5.74, 6) is -0.568. The molecule has 104 valence electrons. The van der Waals surface area contributed by atoms with Crippen LogP contribution in [0.1, 0.15) is 12.8 Å². The standard InChI is InChI=1S/C14H19FN2O2/c1-17-9-3-8-14(10-17,13(18)19-2)16-12-6-4-11(15)5-7-12/h4-7,16H,3,8-10H2,1-2H3. The normalized spacial score (nSPS) is 23.9. The highest BCUT2D eigenvalue weighted by Gasteiger charge is 2.42. The van der Waals surface area contributed by atoms with E-state index in [-0.39, 0.29) is 11.8 Å². The van der Waals surface area contributed by atoms with Crippen molar-refractivity contribution in [1.82, 2.24) is 4.90 Å². The minimum Gasteiger partial charge on any atom is -0.467 e. The smallest absolute Gasteiger partial charge is 0.332 e. The van der Waals surface area contributed by atoms with Gasteiger partial charge in [0.05, 0.1) is 7.11 Å². The van der Waals surface area contributed by atoms with E-state index in [9.17, 15) is 9.18 Å². The lowest BCUT2D eigenvalue weighted by Crippen LogP contribution is -2.57. The van der Waals surface area contributed by atoms with Crippen molar-refractivity contribution in [3.8, 4) is 0 Å². The first kappa shape index (κ1) is 13.8. The van der Waals surface area contributed by atoms with Crippen molar-refractivity contribution in [2.45, 2.75) is 18.4 Å². The maximum absolute atomic E-state index is 12.9. The number of nitrogens with one attached hydrogen (secondary N) is 1. The lowest BCUT2D eigenvalue weighted by molar-refractivity contribution is -0.147. The Morgan fingerprint density at radius 1 is 1.42 bits per heavy atom. The molecule has 1 N–H and O–H groups in total. The molecule has 0 aliphatic carbocycles. The molecule has 2 rings (SSSR count). The summed E-state index contributed by atoms with van der Waals surface area (Å²) in [6.07, 6.45) is 1.63. The van der Waals surface area contributed by atoms with E-state index in [0.29, 0.717) is 13.0 Å². The molecule has 4 nitrogen and oxygen atoms in total. The minimum atomic E-state index is -0.750. The lowest BCUT2D eigenvalue weighted by Gasteiger charge is -2.40. The summed E-state index contributed by atoms with van der Waals surface area (Å²) in [5, 5.41) is 3.22. The van der Waals surface area contributed by atoms with Crippen molar-refractivity contribution in [2.24, 2.45) is 0 Å². The van der Waals surface area contributed by atoms with Gasteiger partial charge in [-0.05, 0) is 50.7 Å². The van der Waals surface area contributed by atoms with Crippen LogP contribution < -0.4 is 5.32 Å². The third-order valence-electron chi connectivity index (χ3n) is 3.49. The van der Waals surface area contributed by atoms with Crippen molar-refractivity contribution in [3.63, 3.8) is 0 Å². The monoisotopic (exact) mass is 266 g/mol. The molecular formula is C14H19FN2O2. The number of carbonyl (C=O) groups is 1. The minimum absolute atomic E-state index is 0.275. The van der Waals surface area contributed by atoms with Gasteiger partial charge in [-0.3, -0.25) is 0 Å². The molecule has 1 saturated heterocycles. The van der Waals surface area contributed by atoms with Gasteiger partial charge in [0.1, 0.15) is 11.4 Å². The number of methoxy groups -OCH3 is 1. The number of likely N-dealkylation sites (tertiary alicyclic amines) is 1. The van der Waals surface area contributed by atoms with Crippen LogP contribution in [0.3, 0.4) is 0 Å². The molecule has 1 aliphatic rings. The third-order valence-corrected chi connectivity index (χ3v) is 3.49. The van der Waals surface area contributed by atoms with Gasteiger partial charge < -0.3 is 15.0 Å². The zero-order valence-corrected chi connectivity index (χ0v) is 11.3. The molecule has 1 unspecified atom stereocenters. The molecule has 0 amide bonds. The molecule has 1 aliphatic heterocycles. The van der Waals surface area contributed by atoms with E-state index in [1.54, 1.807) is 12.1 Å². The molecule has 0 spiro atoms. The molecule has 1 heterocycles. The van der Waals surface area contributed by atoms with E-state index in [4.69, 9.17) is 4.74 Å². The molecule has 1 aromatic rings. The first-order valence-corrected chi connectivity index (χ1v) is 6.36. The Hall–Kier alpha value is -1.62. The molecule has 0 radical (unpaired) electrons. The number of likely N-dealkylation sites (N-methyl/N-ethyl adjacent to an activating group) is 1. The van der Waals surface area contributed by atoms with Crippen LogP contribution in [0.15, 0.2) is 24.3 Å². The Morgan fingerprint density at radius 2 is 2.11 bits per heavy atom. The molecule has 19 heavy (non-hydrogen) atoms. The van der Waals surface area contributed by atoms with Crippen LogP contribution in [0.25, 0.3) is 0 Å². The maximum atomic E-state index is 12.9. The van der Waals surface area contributed by atoms with E-state index >= 15 is 0 Å². The second-order valence-electron chi connectivity index (χ2n) is 5.05. The van der Waals surface area contributed by atoms with Gasteiger partial charge in [-0.25, -0.2) is 9.18 Å². The average Bonchev–Trinajstić information content (AvgIpc) is 2.40. The number of ether oxygens (including phenoxy) is 1. The van der Waals surface area contributed by atoms with Gasteiger partial charge in [0.25, 0.3) is 0 Å². The molecule has 1 fully saturated rings. The van der Waals surface area contributed by atoms with Crippen LogP contribution >= 0.6 is 0 Å². The SMILES string of the molecule is COC(=O)C1(Nc2ccc(F)cc2)CCCN(C)C1. The summed E-state index contributed by atoms with van der Waals surface area (Å²) in [6, 6.07) is 6.02. The number of hydrogen-bond acceptors (Lipinski definition) is 4. The van der Waals surface area contributed by atoms with Gasteiger partial charge in [0, 0.05) is 12.2 Å². The van der Waals surface area contributed by atoms with Crippen LogP contribution in [0.5, 0.6) is 0 Å². The summed E-state index contributed by atoms with van der Waals surface area (Å²) in [5.41, 5.74) is -0.0263. The predicted octanol–water partition coefficient (Wildman–Crippen LogP) is 1.87. The number of esters is 1. The number of nitrogens with zero attached hydrogens (tertiary/aromatic N) is 1. The number of rotatable bonds is 3. The highest BCUT2D eigenvalue weighted by atomic mass is 19.1. The summed E-state index contributed by atoms with van der Waals surface area (Å²) in [7, 11) is 3.37. The summed E-state index contributed by atoms with van der Waals surface area (Å²) in [4.78, 5) is 14.2. The van der Waals surface area contributed by atoms with Crippen LogP contribution in [-0.4, -0.2) is 43.7 Å². The van der Waals surface area contributed by atoms with Crippen LogP contribution in [0.4, 0.5) is 10.1 Å². The van der Waals surface area contributed by atoms with Crippen molar-refractivity contribution in [2.75, 3.05) is 32.6 Å². The molecular weight excluding hydrogens is 247 g/mol. The molecule has 1 atom stereocenters. The predicted molar refractivity (Wildman–Crippen MR) is 71.5 cm³/mol. The number of benzene rings is 1. The van der Waals surface area contributed by atoms with Gasteiger partial charge in [0.15, 0.2) is 0 Å². The van der Waals surface area contributed by atoms with E-state index in [1.165, 1.54) is 19.2 Å². The summed E-state index contributed by atoms with van der Waals surface area (Å²) < 4.78 is 17.9. The Balaban J connectivity index is 2.22. The fraction of sp³-hybridized carbons (Fsp3) is 0.500. The zero-order valence-electron chi connectivity index (χ0n) is 11.3. The van der Waals surface area contributed by atoms with Crippen LogP contribution in [0, 0.1) is 5.82 Å². The Kier molecular flexibility index (Phi) is 4.04. The first-order valence-electron chi connectivity index (χ1n) is 6.36. The van der Waals surface area contributed by atoms with Gasteiger partial charge in [0.2, 0.25) is 0 Å². The Bertz CT molecular complexity index is 449. The van der Waals surface area contributed by atoms with Gasteiger partial charge >= 0.3 is 5.97 Å². The first-order chi connectivity index (χ1) is 9.05. The third kappa shape index (κ3) is 3.04. The van der Waals surface area contributed by atoms with Crippen LogP contribution in [-0.2, 0) is 9.53 Å². The number of carbonyl (C=O) groups excluding carboxylic acids is 1. The molecule has 0 saturated carbocycles. The Morgan fingerprint density at radius 3 is 2.68 bits per heavy atom. The fourth-order valence-corrected chi connectivity index (χ4v) is 2.59. The fourth-order valence-electron chi connectivity index (χ4n) is 2.59. The number of halogens is 1. The molecule has 0 aromatic heterocycles. The largest absolute Gasteiger partial charge is 0.467 e. The summed E-state index contributed by atoms with van der Waals surface area (Å²) >= 11 is 0. The van der Waals surface area contributed by atoms with Crippen molar-refractivity contribution >= 4 is 11.7 Å². The van der Waals surface area contributed by atoms with Gasteiger partial charge in [-0.15, -0.1) is 0 Å². The van der Waals surface area contributed by atoms with E-state index in [2.05, 4.69) is 10.2 Å². The molecule has 5 heteroatoms. The van der Waals surface area contributed by atoms with E-state index in [1.807, 2.05) is 7.05 Å². The van der Waals surface area contributed by atoms with E-state index < -0.39 is 5.54 Å². The number of hydrogen-bond donors (Lipinski definition) is 1. The van der Waals surface area contributed by atoms with Crippen molar-refractivity contribution in [1.29, 1.82) is 0 Å². The van der Waals surface area contributed by atoms with E-state index in [0.717, 1.165) is 18.7 Å². The second-order valence-corrected chi connectivity index (χ2v) is 5.05. The van der Waals surface area contributed by atoms with Crippen molar-refractivity contribution < 1.29 is 13.9 Å². The van der Waals surface area contributed by atoms with Gasteiger partial charge in [-0.2, -0.15) is 0 Å². The zero-order chi connectivity index (χ0) is 13.9. The lowest BCUT2D eigenvalue weighted by atomic mass is 9.88. The van der Waals surface area contributed by atoms with Crippen molar-refractivity contribution in [3.05, 3.63) is 30.1 Å². The Labute approximate surface area is 112 Å². The topological polar surface area (TPSA) is 41.6 Å². The second kappa shape index (κ2) is 5.57. The summed E-state index contributed by atoms with van der Waals surface area (Å²) in [6.45, 7) is 1.54. The maximum Gasteiger partial charge on any atom is 0.332 e. The highest BCUT2D eigenvalue weighted by molar-refractivity contribution is 5.85. The number of anilines is 1. The number of piperidine rings is 1. The van der Waals surface area contributed by atoms with Crippen LogP contribution in [0.2, 0.25) is 0 Å². The quantitative estimate of drug-likeness (QED) is 0.848. The highest BCUT2D eigenvalue weighted by Crippen LogP contribution is 2.26. The average molecular weight is 266 g/mol. The van der Waals surface area contributed by atoms with Gasteiger partial charge in [-0.1, -0.05) is 0 Å². The molecule has 0 bridgehead atoms.